The fourth-order valence-electron chi connectivity index (χ4n) is 1.37. The molecule has 102 valence electrons. The van der Waals surface area contributed by atoms with Crippen LogP contribution < -0.4 is 4.72 Å². The summed E-state index contributed by atoms with van der Waals surface area (Å²) in [7, 11) is -3.58. The van der Waals surface area contributed by atoms with Crippen molar-refractivity contribution >= 4 is 48.9 Å². The summed E-state index contributed by atoms with van der Waals surface area (Å²) in [6.07, 6.45) is 0. The van der Waals surface area contributed by atoms with E-state index in [4.69, 9.17) is 11.6 Å². The van der Waals surface area contributed by atoms with Gasteiger partial charge < -0.3 is 0 Å². The maximum Gasteiger partial charge on any atom is 0.251 e. The zero-order valence-corrected chi connectivity index (χ0v) is 13.3. The molecule has 1 aromatic carbocycles. The number of hydrogen-bond donors (Lipinski definition) is 1. The van der Waals surface area contributed by atoms with Gasteiger partial charge in [-0.1, -0.05) is 17.7 Å². The average Bonchev–Trinajstić information content (AvgIpc) is 2.78. The normalized spacial score (nSPS) is 11.7. The van der Waals surface area contributed by atoms with Gasteiger partial charge in [-0.25, -0.2) is 17.5 Å². The predicted octanol–water partition coefficient (Wildman–Crippen LogP) is 3.78. The Balaban J connectivity index is 2.14. The minimum atomic E-state index is -3.58. The Labute approximate surface area is 127 Å². The highest BCUT2D eigenvalue weighted by molar-refractivity contribution is 9.10. The second kappa shape index (κ2) is 5.88. The Morgan fingerprint density at radius 3 is 2.68 bits per heavy atom. The molecule has 2 aromatic rings. The smallest absolute Gasteiger partial charge is 0.206 e. The molecule has 0 saturated carbocycles. The van der Waals surface area contributed by atoms with Crippen LogP contribution in [-0.2, 0) is 16.6 Å². The molecule has 0 aliphatic heterocycles. The first-order valence-electron chi connectivity index (χ1n) is 5.07. The fraction of sp³-hybridized carbons (Fsp3) is 0.0909. The van der Waals surface area contributed by atoms with Crippen molar-refractivity contribution in [1.82, 2.24) is 4.72 Å². The van der Waals surface area contributed by atoms with Crippen molar-refractivity contribution in [3.8, 4) is 0 Å². The Morgan fingerprint density at radius 1 is 1.37 bits per heavy atom. The topological polar surface area (TPSA) is 46.2 Å². The van der Waals surface area contributed by atoms with E-state index in [1.165, 1.54) is 18.2 Å². The van der Waals surface area contributed by atoms with Crippen molar-refractivity contribution in [2.45, 2.75) is 10.8 Å². The predicted molar refractivity (Wildman–Crippen MR) is 77.5 cm³/mol. The third-order valence-electron chi connectivity index (χ3n) is 2.28. The summed E-state index contributed by atoms with van der Waals surface area (Å²) >= 11 is 9.91. The summed E-state index contributed by atoms with van der Waals surface area (Å²) in [4.78, 5) is 0. The monoisotopic (exact) mass is 383 g/mol. The molecule has 0 atom stereocenters. The van der Waals surface area contributed by atoms with Gasteiger partial charge in [0.2, 0.25) is 0 Å². The van der Waals surface area contributed by atoms with Crippen molar-refractivity contribution in [3.63, 3.8) is 0 Å². The van der Waals surface area contributed by atoms with Crippen LogP contribution in [0.25, 0.3) is 0 Å². The lowest BCUT2D eigenvalue weighted by atomic mass is 10.2. The van der Waals surface area contributed by atoms with Crippen LogP contribution in [0.1, 0.15) is 5.56 Å². The molecule has 0 bridgehead atoms. The molecule has 2 rings (SSSR count). The third kappa shape index (κ3) is 3.55. The van der Waals surface area contributed by atoms with Gasteiger partial charge in [-0.15, -0.1) is 11.3 Å². The summed E-state index contributed by atoms with van der Waals surface area (Å²) in [5.41, 5.74) is 0.586. The van der Waals surface area contributed by atoms with Crippen LogP contribution in [0.2, 0.25) is 5.02 Å². The molecule has 1 heterocycles. The van der Waals surface area contributed by atoms with Crippen molar-refractivity contribution in [3.05, 3.63) is 50.5 Å². The van der Waals surface area contributed by atoms with Gasteiger partial charge in [0.1, 0.15) is 10.0 Å². The van der Waals surface area contributed by atoms with Crippen LogP contribution in [0.5, 0.6) is 0 Å². The number of benzene rings is 1. The highest BCUT2D eigenvalue weighted by Crippen LogP contribution is 2.27. The lowest BCUT2D eigenvalue weighted by Crippen LogP contribution is -2.22. The molecule has 1 N–H and O–H groups in total. The van der Waals surface area contributed by atoms with Crippen molar-refractivity contribution in [2.24, 2.45) is 0 Å². The second-order valence-electron chi connectivity index (χ2n) is 3.63. The first-order chi connectivity index (χ1) is 8.90. The number of nitrogens with one attached hydrogen (secondary N) is 1. The van der Waals surface area contributed by atoms with E-state index in [1.54, 1.807) is 11.4 Å². The van der Waals surface area contributed by atoms with Crippen LogP contribution in [0.15, 0.2) is 38.3 Å². The number of hydrogen-bond acceptors (Lipinski definition) is 3. The second-order valence-corrected chi connectivity index (χ2v) is 7.77. The van der Waals surface area contributed by atoms with Gasteiger partial charge in [-0.3, -0.25) is 0 Å². The molecule has 0 unspecified atom stereocenters. The Morgan fingerprint density at radius 2 is 2.11 bits per heavy atom. The summed E-state index contributed by atoms with van der Waals surface area (Å²) in [5.74, 6) is -0.533. The van der Waals surface area contributed by atoms with Crippen LogP contribution >= 0.6 is 38.9 Å². The largest absolute Gasteiger partial charge is 0.251 e. The van der Waals surface area contributed by atoms with Gasteiger partial charge in [0.05, 0.1) is 5.02 Å². The van der Waals surface area contributed by atoms with Crippen LogP contribution in [0, 0.1) is 5.82 Å². The highest BCUT2D eigenvalue weighted by Gasteiger charge is 2.18. The molecular weight excluding hydrogens is 377 g/mol. The molecule has 0 aliphatic carbocycles. The Kier molecular flexibility index (Phi) is 4.62. The summed E-state index contributed by atoms with van der Waals surface area (Å²) in [6.45, 7) is 0.0483. The standard InChI is InChI=1S/C11H8BrClFNO2S2/c12-8-3-4-18-11(8)19(16,17)15-6-7-1-2-10(14)9(13)5-7/h1-5,15H,6H2. The maximum atomic E-state index is 13.0. The Hall–Kier alpha value is -0.470. The average molecular weight is 385 g/mol. The highest BCUT2D eigenvalue weighted by atomic mass is 79.9. The number of halogens is 3. The molecule has 0 fully saturated rings. The summed E-state index contributed by atoms with van der Waals surface area (Å²) < 4.78 is 40.1. The van der Waals surface area contributed by atoms with Crippen molar-refractivity contribution in [2.75, 3.05) is 0 Å². The van der Waals surface area contributed by atoms with Crippen LogP contribution in [-0.4, -0.2) is 8.42 Å². The number of sulfonamides is 1. The van der Waals surface area contributed by atoms with E-state index in [-0.39, 0.29) is 15.8 Å². The first-order valence-corrected chi connectivity index (χ1v) is 8.60. The van der Waals surface area contributed by atoms with Gasteiger partial charge in [0, 0.05) is 11.0 Å². The van der Waals surface area contributed by atoms with Crippen molar-refractivity contribution in [1.29, 1.82) is 0 Å². The molecule has 0 radical (unpaired) electrons. The molecule has 0 spiro atoms. The first kappa shape index (κ1) is 14.9. The maximum absolute atomic E-state index is 13.0. The van der Waals surface area contributed by atoms with E-state index in [0.29, 0.717) is 10.0 Å². The van der Waals surface area contributed by atoms with Crippen molar-refractivity contribution < 1.29 is 12.8 Å². The van der Waals surface area contributed by atoms with Gasteiger partial charge in [-0.2, -0.15) is 0 Å². The van der Waals surface area contributed by atoms with E-state index >= 15 is 0 Å². The lowest BCUT2D eigenvalue weighted by molar-refractivity contribution is 0.583. The van der Waals surface area contributed by atoms with Gasteiger partial charge in [0.25, 0.3) is 10.0 Å². The fourth-order valence-corrected chi connectivity index (χ4v) is 4.97. The lowest BCUT2D eigenvalue weighted by Gasteiger charge is -2.06. The Bertz CT molecular complexity index is 702. The zero-order chi connectivity index (χ0) is 14.0. The number of thiophene rings is 1. The van der Waals surface area contributed by atoms with Gasteiger partial charge in [0.15, 0.2) is 0 Å². The minimum Gasteiger partial charge on any atom is -0.206 e. The van der Waals surface area contributed by atoms with E-state index in [0.717, 1.165) is 11.3 Å². The van der Waals surface area contributed by atoms with Gasteiger partial charge >= 0.3 is 0 Å². The van der Waals surface area contributed by atoms with E-state index in [2.05, 4.69) is 20.7 Å². The van der Waals surface area contributed by atoms with E-state index < -0.39 is 15.8 Å². The molecule has 0 amide bonds. The zero-order valence-electron chi connectivity index (χ0n) is 9.36. The number of rotatable bonds is 4. The molecule has 3 nitrogen and oxygen atoms in total. The molecule has 1 aromatic heterocycles. The molecule has 19 heavy (non-hydrogen) atoms. The quantitative estimate of drug-likeness (QED) is 0.872. The summed E-state index contributed by atoms with van der Waals surface area (Å²) in [5, 5.41) is 1.64. The SMILES string of the molecule is O=S(=O)(NCc1ccc(F)c(Cl)c1)c1sccc1Br. The molecule has 0 saturated heterocycles. The van der Waals surface area contributed by atoms with E-state index in [9.17, 15) is 12.8 Å². The third-order valence-corrected chi connectivity index (χ3v) is 6.64. The van der Waals surface area contributed by atoms with Crippen LogP contribution in [0.3, 0.4) is 0 Å². The van der Waals surface area contributed by atoms with Gasteiger partial charge in [-0.05, 0) is 45.1 Å². The molecule has 0 aliphatic rings. The molecular formula is C11H8BrClFNO2S2. The van der Waals surface area contributed by atoms with E-state index in [1.807, 2.05) is 0 Å². The summed E-state index contributed by atoms with van der Waals surface area (Å²) in [6, 6.07) is 5.73. The van der Waals surface area contributed by atoms with Crippen LogP contribution in [0.4, 0.5) is 4.39 Å². The molecule has 8 heteroatoms. The minimum absolute atomic E-state index is 0.0333.